The Labute approximate surface area is 117 Å². The van der Waals surface area contributed by atoms with Crippen molar-refractivity contribution in [3.8, 4) is 6.07 Å². The lowest BCUT2D eigenvalue weighted by atomic mass is 10.1. The number of hydrogen-bond acceptors (Lipinski definition) is 4. The van der Waals surface area contributed by atoms with Crippen LogP contribution in [0.25, 0.3) is 10.4 Å². The van der Waals surface area contributed by atoms with Crippen LogP contribution in [0, 0.1) is 11.3 Å². The van der Waals surface area contributed by atoms with Gasteiger partial charge in [0.25, 0.3) is 0 Å². The van der Waals surface area contributed by atoms with E-state index in [1.54, 1.807) is 12.1 Å². The largest absolute Gasteiger partial charge is 0.244 e. The molecule has 1 fully saturated rings. The highest BCUT2D eigenvalue weighted by molar-refractivity contribution is 7.89. The van der Waals surface area contributed by atoms with Crippen LogP contribution in [-0.4, -0.2) is 31.9 Å². The zero-order valence-corrected chi connectivity index (χ0v) is 11.5. The lowest BCUT2D eigenvalue weighted by Gasteiger charge is -2.29. The molecule has 0 aliphatic carbocycles. The molecule has 0 N–H and O–H groups in total. The van der Waals surface area contributed by atoms with Gasteiger partial charge < -0.3 is 0 Å². The van der Waals surface area contributed by atoms with Crippen LogP contribution in [0.3, 0.4) is 0 Å². The van der Waals surface area contributed by atoms with E-state index >= 15 is 0 Å². The third kappa shape index (κ3) is 2.75. The summed E-state index contributed by atoms with van der Waals surface area (Å²) in [6.07, 6.45) is 1.31. The van der Waals surface area contributed by atoms with Crippen molar-refractivity contribution >= 4 is 10.0 Å². The zero-order valence-electron chi connectivity index (χ0n) is 10.7. The highest BCUT2D eigenvalue weighted by atomic mass is 32.2. The van der Waals surface area contributed by atoms with Crippen LogP contribution in [0.5, 0.6) is 0 Å². The quantitative estimate of drug-likeness (QED) is 0.482. The van der Waals surface area contributed by atoms with Gasteiger partial charge in [0.05, 0.1) is 16.5 Å². The van der Waals surface area contributed by atoms with E-state index in [4.69, 9.17) is 10.8 Å². The molecular formula is C12H13N5O2S. The standard InChI is InChI=1S/C12H13N5O2S/c13-8-10-4-1-2-6-12(10)20(18,19)17-7-3-5-11(9-17)15-16-14/h1-2,4,6,11H,3,5,7,9H2. The Balaban J connectivity index is 2.35. The summed E-state index contributed by atoms with van der Waals surface area (Å²) < 4.78 is 26.4. The average Bonchev–Trinajstić information content (AvgIpc) is 2.48. The highest BCUT2D eigenvalue weighted by Crippen LogP contribution is 2.24. The van der Waals surface area contributed by atoms with E-state index in [2.05, 4.69) is 10.0 Å². The molecule has 0 amide bonds. The molecule has 0 spiro atoms. The number of azide groups is 1. The van der Waals surface area contributed by atoms with Crippen LogP contribution in [0.15, 0.2) is 34.3 Å². The Morgan fingerprint density at radius 1 is 1.45 bits per heavy atom. The molecule has 0 saturated carbocycles. The van der Waals surface area contributed by atoms with Gasteiger partial charge in [0, 0.05) is 18.0 Å². The second-order valence-corrected chi connectivity index (χ2v) is 6.38. The van der Waals surface area contributed by atoms with Crippen molar-refractivity contribution in [3.05, 3.63) is 40.3 Å². The lowest BCUT2D eigenvalue weighted by molar-refractivity contribution is 0.316. The summed E-state index contributed by atoms with van der Waals surface area (Å²) in [7, 11) is -3.73. The van der Waals surface area contributed by atoms with Gasteiger partial charge >= 0.3 is 0 Å². The van der Waals surface area contributed by atoms with Crippen molar-refractivity contribution in [1.29, 1.82) is 5.26 Å². The van der Waals surface area contributed by atoms with Crippen LogP contribution in [0.2, 0.25) is 0 Å². The average molecular weight is 291 g/mol. The van der Waals surface area contributed by atoms with E-state index in [0.29, 0.717) is 19.4 Å². The van der Waals surface area contributed by atoms with Crippen molar-refractivity contribution in [2.24, 2.45) is 5.11 Å². The fourth-order valence-corrected chi connectivity index (χ4v) is 3.89. The maximum Gasteiger partial charge on any atom is 0.244 e. The number of hydrogen-bond donors (Lipinski definition) is 0. The maximum atomic E-state index is 12.6. The number of benzene rings is 1. The minimum atomic E-state index is -3.73. The van der Waals surface area contributed by atoms with Crippen molar-refractivity contribution in [3.63, 3.8) is 0 Å². The molecule has 7 nitrogen and oxygen atoms in total. The van der Waals surface area contributed by atoms with Gasteiger partial charge in [-0.2, -0.15) is 9.57 Å². The summed E-state index contributed by atoms with van der Waals surface area (Å²) in [5.74, 6) is 0. The molecule has 1 aliphatic heterocycles. The fraction of sp³-hybridized carbons (Fsp3) is 0.417. The predicted octanol–water partition coefficient (Wildman–Crippen LogP) is 2.02. The van der Waals surface area contributed by atoms with Crippen LogP contribution in [0.1, 0.15) is 18.4 Å². The Bertz CT molecular complexity index is 688. The van der Waals surface area contributed by atoms with E-state index in [1.165, 1.54) is 16.4 Å². The first-order valence-electron chi connectivity index (χ1n) is 6.13. The first-order valence-corrected chi connectivity index (χ1v) is 7.57. The first kappa shape index (κ1) is 14.3. The molecule has 1 heterocycles. The van der Waals surface area contributed by atoms with E-state index in [1.807, 2.05) is 6.07 Å². The lowest BCUT2D eigenvalue weighted by Crippen LogP contribution is -2.41. The van der Waals surface area contributed by atoms with Gasteiger partial charge in [-0.1, -0.05) is 17.2 Å². The van der Waals surface area contributed by atoms with E-state index in [0.717, 1.165) is 0 Å². The normalized spacial score (nSPS) is 19.9. The maximum absolute atomic E-state index is 12.6. The van der Waals surface area contributed by atoms with Gasteiger partial charge in [0.1, 0.15) is 6.07 Å². The zero-order chi connectivity index (χ0) is 14.6. The summed E-state index contributed by atoms with van der Waals surface area (Å²) in [5, 5.41) is 12.6. The van der Waals surface area contributed by atoms with E-state index in [-0.39, 0.29) is 23.0 Å². The Kier molecular flexibility index (Phi) is 4.25. The molecule has 1 atom stereocenters. The number of sulfonamides is 1. The summed E-state index contributed by atoms with van der Waals surface area (Å²) in [6, 6.07) is 7.64. The SMILES string of the molecule is N#Cc1ccccc1S(=O)(=O)N1CCCC(N=[N+]=[N-])C1. The van der Waals surface area contributed by atoms with Crippen molar-refractivity contribution in [1.82, 2.24) is 4.31 Å². The molecule has 2 rings (SSSR count). The van der Waals surface area contributed by atoms with Gasteiger partial charge in [-0.25, -0.2) is 8.42 Å². The van der Waals surface area contributed by atoms with Gasteiger partial charge in [-0.15, -0.1) is 0 Å². The highest BCUT2D eigenvalue weighted by Gasteiger charge is 2.31. The third-order valence-corrected chi connectivity index (χ3v) is 5.12. The van der Waals surface area contributed by atoms with Crippen molar-refractivity contribution in [2.45, 2.75) is 23.8 Å². The Hall–Kier alpha value is -2.07. The van der Waals surface area contributed by atoms with Gasteiger partial charge in [-0.3, -0.25) is 0 Å². The number of rotatable bonds is 3. The molecule has 1 unspecified atom stereocenters. The second-order valence-electron chi connectivity index (χ2n) is 4.47. The molecule has 1 aromatic rings. The molecule has 0 aromatic heterocycles. The molecule has 1 saturated heterocycles. The minimum Gasteiger partial charge on any atom is -0.207 e. The summed E-state index contributed by atoms with van der Waals surface area (Å²) in [5.41, 5.74) is 8.58. The monoisotopic (exact) mass is 291 g/mol. The van der Waals surface area contributed by atoms with Crippen molar-refractivity contribution in [2.75, 3.05) is 13.1 Å². The Morgan fingerprint density at radius 3 is 2.90 bits per heavy atom. The Morgan fingerprint density at radius 2 is 2.20 bits per heavy atom. The molecule has 1 aliphatic rings. The van der Waals surface area contributed by atoms with Crippen LogP contribution in [0.4, 0.5) is 0 Å². The van der Waals surface area contributed by atoms with Gasteiger partial charge in [0.2, 0.25) is 10.0 Å². The first-order chi connectivity index (χ1) is 9.59. The predicted molar refractivity (Wildman–Crippen MR) is 72.1 cm³/mol. The third-order valence-electron chi connectivity index (χ3n) is 3.20. The van der Waals surface area contributed by atoms with Crippen LogP contribution < -0.4 is 0 Å². The fourth-order valence-electron chi connectivity index (χ4n) is 2.23. The smallest absolute Gasteiger partial charge is 0.207 e. The molecular weight excluding hydrogens is 278 g/mol. The van der Waals surface area contributed by atoms with Crippen LogP contribution >= 0.6 is 0 Å². The molecule has 20 heavy (non-hydrogen) atoms. The number of piperidine rings is 1. The van der Waals surface area contributed by atoms with Gasteiger partial charge in [-0.05, 0) is 30.5 Å². The molecule has 0 bridgehead atoms. The molecule has 0 radical (unpaired) electrons. The summed E-state index contributed by atoms with van der Waals surface area (Å²) in [4.78, 5) is 2.74. The number of nitrogens with zero attached hydrogens (tertiary/aromatic N) is 5. The summed E-state index contributed by atoms with van der Waals surface area (Å²) >= 11 is 0. The van der Waals surface area contributed by atoms with Crippen molar-refractivity contribution < 1.29 is 8.42 Å². The molecule has 104 valence electrons. The van der Waals surface area contributed by atoms with E-state index in [9.17, 15) is 8.42 Å². The van der Waals surface area contributed by atoms with E-state index < -0.39 is 10.0 Å². The second kappa shape index (κ2) is 5.92. The van der Waals surface area contributed by atoms with Crippen LogP contribution in [-0.2, 0) is 10.0 Å². The molecule has 1 aromatic carbocycles. The number of nitriles is 1. The minimum absolute atomic E-state index is 0.00378. The van der Waals surface area contributed by atoms with Gasteiger partial charge in [0.15, 0.2) is 0 Å². The summed E-state index contributed by atoms with van der Waals surface area (Å²) in [6.45, 7) is 0.533. The topological polar surface area (TPSA) is 110 Å². The molecule has 8 heteroatoms.